The van der Waals surface area contributed by atoms with Crippen LogP contribution in [0.2, 0.25) is 10.0 Å². The zero-order valence-electron chi connectivity index (χ0n) is 8.63. The molecule has 0 radical (unpaired) electrons. The van der Waals surface area contributed by atoms with Crippen molar-refractivity contribution >= 4 is 23.2 Å². The SMILES string of the molecule is Clc1c2cccc1Cc1cccc(c1Cl)C2. The first-order valence-corrected chi connectivity index (χ1v) is 6.04. The zero-order chi connectivity index (χ0) is 11.1. The van der Waals surface area contributed by atoms with E-state index in [1.54, 1.807) is 0 Å². The minimum atomic E-state index is 0.819. The Morgan fingerprint density at radius 2 is 0.938 bits per heavy atom. The van der Waals surface area contributed by atoms with Gasteiger partial charge in [-0.05, 0) is 22.3 Å². The minimum Gasteiger partial charge on any atom is -0.0837 e. The normalized spacial score (nSPS) is 13.1. The summed E-state index contributed by atoms with van der Waals surface area (Å²) in [4.78, 5) is 0. The van der Waals surface area contributed by atoms with Crippen molar-refractivity contribution in [3.8, 4) is 0 Å². The summed E-state index contributed by atoms with van der Waals surface area (Å²) in [5.41, 5.74) is 4.66. The lowest BCUT2D eigenvalue weighted by molar-refractivity contribution is 1.09. The quantitative estimate of drug-likeness (QED) is 0.550. The lowest BCUT2D eigenvalue weighted by Gasteiger charge is -2.17. The van der Waals surface area contributed by atoms with Crippen LogP contribution in [-0.4, -0.2) is 0 Å². The van der Waals surface area contributed by atoms with Gasteiger partial charge in [0.2, 0.25) is 0 Å². The van der Waals surface area contributed by atoms with Gasteiger partial charge in [0.15, 0.2) is 0 Å². The van der Waals surface area contributed by atoms with Crippen molar-refractivity contribution in [3.63, 3.8) is 0 Å². The van der Waals surface area contributed by atoms with E-state index in [4.69, 9.17) is 23.2 Å². The fourth-order valence-electron chi connectivity index (χ4n) is 2.22. The molecule has 3 rings (SSSR count). The summed E-state index contributed by atoms with van der Waals surface area (Å²) >= 11 is 12.7. The van der Waals surface area contributed by atoms with Crippen LogP contribution in [0.1, 0.15) is 22.3 Å². The standard InChI is InChI=1S/C14H10Cl2/c15-13-9-3-1-4-10(13)8-12-6-2-5-11(7-9)14(12)16/h1-6H,7-8H2. The summed E-state index contributed by atoms with van der Waals surface area (Å²) < 4.78 is 0. The summed E-state index contributed by atoms with van der Waals surface area (Å²) in [7, 11) is 0. The van der Waals surface area contributed by atoms with Crippen molar-refractivity contribution in [3.05, 3.63) is 68.7 Å². The maximum Gasteiger partial charge on any atom is 0.0476 e. The Balaban J connectivity index is 2.26. The molecule has 0 unspecified atom stereocenters. The molecule has 16 heavy (non-hydrogen) atoms. The average Bonchev–Trinajstić information content (AvgIpc) is 2.27. The van der Waals surface area contributed by atoms with E-state index in [1.807, 2.05) is 0 Å². The van der Waals surface area contributed by atoms with Gasteiger partial charge in [-0.1, -0.05) is 59.6 Å². The first kappa shape index (κ1) is 10.2. The third kappa shape index (κ3) is 1.53. The van der Waals surface area contributed by atoms with Crippen molar-refractivity contribution in [2.24, 2.45) is 0 Å². The number of rotatable bonds is 0. The fraction of sp³-hybridized carbons (Fsp3) is 0.143. The topological polar surface area (TPSA) is 0 Å². The van der Waals surface area contributed by atoms with Crippen molar-refractivity contribution in [1.82, 2.24) is 0 Å². The van der Waals surface area contributed by atoms with Gasteiger partial charge < -0.3 is 0 Å². The number of benzene rings is 2. The molecule has 0 fully saturated rings. The molecule has 0 saturated heterocycles. The zero-order valence-corrected chi connectivity index (χ0v) is 10.1. The second-order valence-corrected chi connectivity index (χ2v) is 4.89. The van der Waals surface area contributed by atoms with Crippen LogP contribution in [0, 0.1) is 0 Å². The van der Waals surface area contributed by atoms with E-state index in [9.17, 15) is 0 Å². The number of fused-ring (bicyclic) bond motifs is 4. The smallest absolute Gasteiger partial charge is 0.0476 e. The second-order valence-electron chi connectivity index (χ2n) is 4.13. The molecule has 2 aromatic rings. The highest BCUT2D eigenvalue weighted by atomic mass is 35.5. The molecule has 0 amide bonds. The maximum atomic E-state index is 6.36. The maximum absolute atomic E-state index is 6.36. The minimum absolute atomic E-state index is 0.819. The van der Waals surface area contributed by atoms with Gasteiger partial charge in [0.25, 0.3) is 0 Å². The summed E-state index contributed by atoms with van der Waals surface area (Å²) in [5, 5.41) is 1.79. The van der Waals surface area contributed by atoms with Crippen molar-refractivity contribution < 1.29 is 0 Å². The van der Waals surface area contributed by atoms with Crippen LogP contribution < -0.4 is 0 Å². The van der Waals surface area contributed by atoms with Gasteiger partial charge in [0.1, 0.15) is 0 Å². The Bertz CT molecular complexity index is 467. The second kappa shape index (κ2) is 3.80. The molecule has 0 atom stereocenters. The molecule has 0 aliphatic heterocycles. The van der Waals surface area contributed by atoms with E-state index in [0.717, 1.165) is 45.1 Å². The molecule has 1 aliphatic rings. The summed E-state index contributed by atoms with van der Waals surface area (Å²) in [6.45, 7) is 0. The van der Waals surface area contributed by atoms with Crippen LogP contribution in [0.3, 0.4) is 0 Å². The van der Waals surface area contributed by atoms with Crippen LogP contribution in [0.5, 0.6) is 0 Å². The predicted molar refractivity (Wildman–Crippen MR) is 68.5 cm³/mol. The molecule has 4 bridgehead atoms. The largest absolute Gasteiger partial charge is 0.0837 e. The van der Waals surface area contributed by atoms with Crippen LogP contribution >= 0.6 is 23.2 Å². The van der Waals surface area contributed by atoms with E-state index in [2.05, 4.69) is 36.4 Å². The van der Waals surface area contributed by atoms with E-state index in [1.165, 1.54) is 0 Å². The fourth-order valence-corrected chi connectivity index (χ4v) is 2.74. The summed E-state index contributed by atoms with van der Waals surface area (Å²) in [6.07, 6.45) is 1.64. The van der Waals surface area contributed by atoms with Gasteiger partial charge >= 0.3 is 0 Å². The molecule has 2 aromatic carbocycles. The molecular formula is C14H10Cl2. The van der Waals surface area contributed by atoms with Crippen LogP contribution in [0.15, 0.2) is 36.4 Å². The molecule has 0 heterocycles. The molecule has 0 aromatic heterocycles. The van der Waals surface area contributed by atoms with Gasteiger partial charge in [-0.25, -0.2) is 0 Å². The van der Waals surface area contributed by atoms with E-state index in [-0.39, 0.29) is 0 Å². The van der Waals surface area contributed by atoms with Gasteiger partial charge in [0.05, 0.1) is 0 Å². The third-order valence-corrected chi connectivity index (χ3v) is 4.05. The van der Waals surface area contributed by atoms with Crippen molar-refractivity contribution in [1.29, 1.82) is 0 Å². The number of hydrogen-bond acceptors (Lipinski definition) is 0. The van der Waals surface area contributed by atoms with Crippen LogP contribution in [0.25, 0.3) is 0 Å². The average molecular weight is 249 g/mol. The first-order chi connectivity index (χ1) is 7.75. The first-order valence-electron chi connectivity index (χ1n) is 5.28. The Labute approximate surface area is 105 Å². The summed E-state index contributed by atoms with van der Waals surface area (Å²) in [6, 6.07) is 12.4. The molecule has 0 spiro atoms. The van der Waals surface area contributed by atoms with Crippen LogP contribution in [-0.2, 0) is 12.8 Å². The van der Waals surface area contributed by atoms with Gasteiger partial charge in [0, 0.05) is 22.9 Å². The molecule has 2 heteroatoms. The highest BCUT2D eigenvalue weighted by Crippen LogP contribution is 2.33. The predicted octanol–water partition coefficient (Wildman–Crippen LogP) is 4.49. The van der Waals surface area contributed by atoms with E-state index in [0.29, 0.717) is 0 Å². The Morgan fingerprint density at radius 1 is 0.625 bits per heavy atom. The number of hydrogen-bond donors (Lipinski definition) is 0. The van der Waals surface area contributed by atoms with Gasteiger partial charge in [-0.2, -0.15) is 0 Å². The lowest BCUT2D eigenvalue weighted by atomic mass is 9.93. The molecular weight excluding hydrogens is 239 g/mol. The number of halogens is 2. The van der Waals surface area contributed by atoms with Crippen molar-refractivity contribution in [2.75, 3.05) is 0 Å². The van der Waals surface area contributed by atoms with Crippen molar-refractivity contribution in [2.45, 2.75) is 12.8 Å². The molecule has 0 N–H and O–H groups in total. The third-order valence-electron chi connectivity index (χ3n) is 3.08. The molecule has 1 aliphatic carbocycles. The Morgan fingerprint density at radius 3 is 1.25 bits per heavy atom. The van der Waals surface area contributed by atoms with Crippen LogP contribution in [0.4, 0.5) is 0 Å². The highest BCUT2D eigenvalue weighted by molar-refractivity contribution is 6.33. The Hall–Kier alpha value is -0.980. The van der Waals surface area contributed by atoms with E-state index < -0.39 is 0 Å². The van der Waals surface area contributed by atoms with Gasteiger partial charge in [-0.3, -0.25) is 0 Å². The Kier molecular flexibility index (Phi) is 2.42. The monoisotopic (exact) mass is 248 g/mol. The molecule has 0 nitrogen and oxygen atoms in total. The van der Waals surface area contributed by atoms with Gasteiger partial charge in [-0.15, -0.1) is 0 Å². The lowest BCUT2D eigenvalue weighted by Crippen LogP contribution is -2.01. The molecule has 80 valence electrons. The highest BCUT2D eigenvalue weighted by Gasteiger charge is 2.15. The molecule has 0 saturated carbocycles. The summed E-state index contributed by atoms with van der Waals surface area (Å²) in [5.74, 6) is 0. The van der Waals surface area contributed by atoms with E-state index >= 15 is 0 Å².